The number of nitrogens with zero attached hydrogens (tertiary/aromatic N) is 1. The maximum atomic E-state index is 13.7. The fraction of sp³-hybridized carbons (Fsp3) is 0.0968. The van der Waals surface area contributed by atoms with Crippen LogP contribution in [-0.4, -0.2) is 16.1 Å². The van der Waals surface area contributed by atoms with Gasteiger partial charge in [0.2, 0.25) is 0 Å². The Morgan fingerprint density at radius 3 is 2.20 bits per heavy atom. The molecular formula is C31H24ClNO2. The Kier molecular flexibility index (Phi) is 6.35. The molecular weight excluding hydrogens is 454 g/mol. The molecule has 172 valence electrons. The van der Waals surface area contributed by atoms with E-state index in [1.807, 2.05) is 72.9 Å². The Morgan fingerprint density at radius 2 is 1.49 bits per heavy atom. The second-order valence-corrected chi connectivity index (χ2v) is 9.13. The van der Waals surface area contributed by atoms with Crippen molar-refractivity contribution < 1.29 is 9.59 Å². The summed E-state index contributed by atoms with van der Waals surface area (Å²) >= 11 is 6.17. The minimum absolute atomic E-state index is 0.0160. The number of Topliss-reactive ketones (excluding diaryl/α,β-unsaturated/α-hetero) is 1. The Bertz CT molecular complexity index is 1540. The van der Waals surface area contributed by atoms with Crippen molar-refractivity contribution in [2.45, 2.75) is 19.9 Å². The number of fused-ring (bicyclic) bond motifs is 1. The summed E-state index contributed by atoms with van der Waals surface area (Å²) in [5.74, 6) is -0.0466. The topological polar surface area (TPSA) is 39.1 Å². The molecule has 0 aliphatic rings. The van der Waals surface area contributed by atoms with Crippen molar-refractivity contribution in [3.05, 3.63) is 142 Å². The number of benzene rings is 4. The van der Waals surface area contributed by atoms with Crippen LogP contribution < -0.4 is 0 Å². The molecule has 5 rings (SSSR count). The zero-order valence-electron chi connectivity index (χ0n) is 19.4. The highest BCUT2D eigenvalue weighted by Gasteiger charge is 2.20. The monoisotopic (exact) mass is 477 g/mol. The van der Waals surface area contributed by atoms with E-state index in [2.05, 4.69) is 22.8 Å². The SMILES string of the molecule is CC(=O)c1cc(Cl)ccc1Cc1cccc2c1c(C(=O)c1ccccc1)cn2Cc1ccccc1. The third-order valence-corrected chi connectivity index (χ3v) is 6.54. The van der Waals surface area contributed by atoms with Gasteiger partial charge in [0.1, 0.15) is 0 Å². The molecule has 0 saturated carbocycles. The van der Waals surface area contributed by atoms with Gasteiger partial charge < -0.3 is 4.57 Å². The lowest BCUT2D eigenvalue weighted by atomic mass is 9.93. The van der Waals surface area contributed by atoms with Crippen LogP contribution in [0.15, 0.2) is 103 Å². The summed E-state index contributed by atoms with van der Waals surface area (Å²) in [6, 6.07) is 31.1. The lowest BCUT2D eigenvalue weighted by molar-refractivity contribution is 0.101. The zero-order chi connectivity index (χ0) is 24.4. The molecule has 0 aliphatic heterocycles. The Labute approximate surface area is 209 Å². The number of carbonyl (C=O) groups is 2. The van der Waals surface area contributed by atoms with Crippen molar-refractivity contribution in [2.24, 2.45) is 0 Å². The van der Waals surface area contributed by atoms with E-state index in [9.17, 15) is 9.59 Å². The molecule has 0 saturated heterocycles. The van der Waals surface area contributed by atoms with E-state index in [-0.39, 0.29) is 11.6 Å². The standard InChI is InChI=1S/C31H24ClNO2/c1-21(34)27-18-26(32)16-15-24(27)17-25-13-8-14-29-30(25)28(31(35)23-11-6-3-7-12-23)20-33(29)19-22-9-4-2-5-10-22/h2-16,18,20H,17,19H2,1H3. The predicted octanol–water partition coefficient (Wildman–Crippen LogP) is 7.37. The molecule has 0 N–H and O–H groups in total. The number of aromatic nitrogens is 1. The van der Waals surface area contributed by atoms with E-state index in [0.717, 1.165) is 27.6 Å². The van der Waals surface area contributed by atoms with Crippen LogP contribution in [0.5, 0.6) is 0 Å². The van der Waals surface area contributed by atoms with Gasteiger partial charge in [-0.25, -0.2) is 0 Å². The average molecular weight is 478 g/mol. The largest absolute Gasteiger partial charge is 0.342 e. The highest BCUT2D eigenvalue weighted by atomic mass is 35.5. The molecule has 4 heteroatoms. The van der Waals surface area contributed by atoms with Gasteiger partial charge in [0.05, 0.1) is 0 Å². The van der Waals surface area contributed by atoms with Crippen LogP contribution >= 0.6 is 11.6 Å². The molecule has 1 aromatic heterocycles. The lowest BCUT2D eigenvalue weighted by Crippen LogP contribution is -2.03. The first-order valence-electron chi connectivity index (χ1n) is 11.5. The normalized spacial score (nSPS) is 11.0. The quantitative estimate of drug-likeness (QED) is 0.229. The first-order valence-corrected chi connectivity index (χ1v) is 11.9. The Balaban J connectivity index is 1.68. The molecule has 0 amide bonds. The third kappa shape index (κ3) is 4.68. The third-order valence-electron chi connectivity index (χ3n) is 6.30. The minimum Gasteiger partial charge on any atom is -0.342 e. The molecule has 0 bridgehead atoms. The number of halogens is 1. The van der Waals surface area contributed by atoms with Crippen LogP contribution in [0.1, 0.15) is 49.9 Å². The molecule has 0 spiro atoms. The Hall–Kier alpha value is -3.95. The maximum absolute atomic E-state index is 13.7. The van der Waals surface area contributed by atoms with Gasteiger partial charge in [-0.15, -0.1) is 0 Å². The van der Waals surface area contributed by atoms with Gasteiger partial charge in [-0.3, -0.25) is 9.59 Å². The number of carbonyl (C=O) groups excluding carboxylic acids is 2. The number of rotatable bonds is 7. The summed E-state index contributed by atoms with van der Waals surface area (Å²) in [7, 11) is 0. The first kappa shape index (κ1) is 22.8. The Morgan fingerprint density at radius 1 is 0.771 bits per heavy atom. The van der Waals surface area contributed by atoms with E-state index in [0.29, 0.717) is 34.7 Å². The van der Waals surface area contributed by atoms with Crippen molar-refractivity contribution in [1.29, 1.82) is 0 Å². The van der Waals surface area contributed by atoms with E-state index in [4.69, 9.17) is 11.6 Å². The summed E-state index contributed by atoms with van der Waals surface area (Å²) in [4.78, 5) is 26.0. The van der Waals surface area contributed by atoms with Gasteiger partial charge in [0.25, 0.3) is 0 Å². The lowest BCUT2D eigenvalue weighted by Gasteiger charge is -2.11. The molecule has 0 radical (unpaired) electrons. The molecule has 0 atom stereocenters. The summed E-state index contributed by atoms with van der Waals surface area (Å²) in [6.07, 6.45) is 2.48. The van der Waals surface area contributed by atoms with Crippen LogP contribution in [0, 0.1) is 0 Å². The molecule has 4 aromatic carbocycles. The van der Waals surface area contributed by atoms with E-state index >= 15 is 0 Å². The van der Waals surface area contributed by atoms with Gasteiger partial charge in [0.15, 0.2) is 11.6 Å². The van der Waals surface area contributed by atoms with Gasteiger partial charge in [0, 0.05) is 45.4 Å². The van der Waals surface area contributed by atoms with Gasteiger partial charge >= 0.3 is 0 Å². The minimum atomic E-state index is -0.0306. The van der Waals surface area contributed by atoms with Crippen LogP contribution in [-0.2, 0) is 13.0 Å². The van der Waals surface area contributed by atoms with Gasteiger partial charge in [-0.2, -0.15) is 0 Å². The fourth-order valence-electron chi connectivity index (χ4n) is 4.64. The van der Waals surface area contributed by atoms with Crippen molar-refractivity contribution in [1.82, 2.24) is 4.57 Å². The van der Waals surface area contributed by atoms with E-state index in [1.165, 1.54) is 0 Å². The first-order chi connectivity index (χ1) is 17.0. The molecule has 5 aromatic rings. The predicted molar refractivity (Wildman–Crippen MR) is 142 cm³/mol. The van der Waals surface area contributed by atoms with E-state index < -0.39 is 0 Å². The van der Waals surface area contributed by atoms with E-state index in [1.54, 1.807) is 19.1 Å². The van der Waals surface area contributed by atoms with Gasteiger partial charge in [-0.1, -0.05) is 90.5 Å². The number of hydrogen-bond donors (Lipinski definition) is 0. The van der Waals surface area contributed by atoms with Crippen LogP contribution in [0.2, 0.25) is 5.02 Å². The molecule has 3 nitrogen and oxygen atoms in total. The van der Waals surface area contributed by atoms with Crippen LogP contribution in [0.4, 0.5) is 0 Å². The van der Waals surface area contributed by atoms with Crippen molar-refractivity contribution in [3.8, 4) is 0 Å². The molecule has 0 aliphatic carbocycles. The number of ketones is 2. The van der Waals surface area contributed by atoms with Crippen LogP contribution in [0.3, 0.4) is 0 Å². The zero-order valence-corrected chi connectivity index (χ0v) is 20.1. The molecule has 0 fully saturated rings. The molecule has 0 unspecified atom stereocenters. The van der Waals surface area contributed by atoms with Crippen molar-refractivity contribution >= 4 is 34.1 Å². The summed E-state index contributed by atoms with van der Waals surface area (Å²) in [5.41, 5.74) is 5.96. The maximum Gasteiger partial charge on any atom is 0.195 e. The second kappa shape index (κ2) is 9.73. The molecule has 1 heterocycles. The second-order valence-electron chi connectivity index (χ2n) is 8.70. The van der Waals surface area contributed by atoms with Crippen molar-refractivity contribution in [3.63, 3.8) is 0 Å². The van der Waals surface area contributed by atoms with Gasteiger partial charge in [-0.05, 0) is 48.2 Å². The summed E-state index contributed by atoms with van der Waals surface area (Å²) < 4.78 is 2.14. The number of hydrogen-bond acceptors (Lipinski definition) is 2. The summed E-state index contributed by atoms with van der Waals surface area (Å²) in [6.45, 7) is 2.21. The smallest absolute Gasteiger partial charge is 0.195 e. The molecule has 35 heavy (non-hydrogen) atoms. The summed E-state index contributed by atoms with van der Waals surface area (Å²) in [5, 5.41) is 1.45. The highest BCUT2D eigenvalue weighted by Crippen LogP contribution is 2.31. The van der Waals surface area contributed by atoms with Crippen LogP contribution in [0.25, 0.3) is 10.9 Å². The highest BCUT2D eigenvalue weighted by molar-refractivity contribution is 6.31. The van der Waals surface area contributed by atoms with Crippen molar-refractivity contribution in [2.75, 3.05) is 0 Å². The average Bonchev–Trinajstić information content (AvgIpc) is 3.25. The fourth-order valence-corrected chi connectivity index (χ4v) is 4.81.